The van der Waals surface area contributed by atoms with Gasteiger partial charge in [0.1, 0.15) is 0 Å². The fourth-order valence-corrected chi connectivity index (χ4v) is 1.11. The zero-order valence-electron chi connectivity index (χ0n) is 7.66. The van der Waals surface area contributed by atoms with Crippen LogP contribution in [0.2, 0.25) is 5.32 Å². The van der Waals surface area contributed by atoms with E-state index in [1.807, 2.05) is 0 Å². The van der Waals surface area contributed by atoms with Gasteiger partial charge in [0.15, 0.2) is 0 Å². The number of rotatable bonds is 5. The molecule has 0 saturated heterocycles. The Morgan fingerprint density at radius 1 is 1.54 bits per heavy atom. The molecule has 6 heteroatoms. The molecule has 0 heterocycles. The second-order valence-corrected chi connectivity index (χ2v) is 3.08. The number of esters is 1. The van der Waals surface area contributed by atoms with Gasteiger partial charge in [0, 0.05) is 0 Å². The number of carbonyl (C=O) groups is 2. The molecule has 0 aromatic heterocycles. The summed E-state index contributed by atoms with van der Waals surface area (Å²) in [6.45, 7) is 3.43. The van der Waals surface area contributed by atoms with E-state index in [0.717, 1.165) is 0 Å². The number of hydrogen-bond acceptors (Lipinski definition) is 4. The molecular weight excluding hydrogens is 239 g/mol. The van der Waals surface area contributed by atoms with E-state index in [1.54, 1.807) is 6.92 Å². The fraction of sp³-hybridized carbons (Fsp3) is 0.714. The van der Waals surface area contributed by atoms with Gasteiger partial charge in [-0.1, -0.05) is 0 Å². The molecule has 2 N–H and O–H groups in total. The van der Waals surface area contributed by atoms with Gasteiger partial charge in [0.05, 0.1) is 0 Å². The van der Waals surface area contributed by atoms with E-state index in [4.69, 9.17) is 4.74 Å². The summed E-state index contributed by atoms with van der Waals surface area (Å²) in [7, 11) is 0. The van der Waals surface area contributed by atoms with E-state index in [9.17, 15) is 9.59 Å². The third kappa shape index (κ3) is 5.63. The average molecular weight is 253 g/mol. The van der Waals surface area contributed by atoms with E-state index in [-0.39, 0.29) is 11.9 Å². The van der Waals surface area contributed by atoms with Gasteiger partial charge in [-0.25, -0.2) is 0 Å². The predicted molar refractivity (Wildman–Crippen MR) is 49.3 cm³/mol. The Hall–Kier alpha value is -0.581. The molecule has 1 amide bonds. The van der Waals surface area contributed by atoms with Crippen molar-refractivity contribution in [2.75, 3.05) is 6.61 Å². The summed E-state index contributed by atoms with van der Waals surface area (Å²) in [6.07, 6.45) is 0. The maximum absolute atomic E-state index is 11.1. The molecular formula is C7H14N2O3Se. The average Bonchev–Trinajstić information content (AvgIpc) is 2.05. The first-order chi connectivity index (χ1) is 6.11. The van der Waals surface area contributed by atoms with Crippen molar-refractivity contribution < 1.29 is 14.3 Å². The van der Waals surface area contributed by atoms with Gasteiger partial charge in [0.2, 0.25) is 0 Å². The van der Waals surface area contributed by atoms with Crippen LogP contribution in [0.15, 0.2) is 0 Å². The minimum absolute atomic E-state index is 0.241. The van der Waals surface area contributed by atoms with Gasteiger partial charge < -0.3 is 0 Å². The van der Waals surface area contributed by atoms with E-state index < -0.39 is 6.04 Å². The van der Waals surface area contributed by atoms with Gasteiger partial charge in [-0.15, -0.1) is 0 Å². The number of carbonyl (C=O) groups excluding carboxylic acids is 2. The van der Waals surface area contributed by atoms with Crippen LogP contribution in [-0.2, 0) is 14.3 Å². The fourth-order valence-electron chi connectivity index (χ4n) is 0.611. The van der Waals surface area contributed by atoms with E-state index in [0.29, 0.717) is 11.9 Å². The van der Waals surface area contributed by atoms with Crippen molar-refractivity contribution in [1.29, 1.82) is 0 Å². The number of hydrazine groups is 1. The van der Waals surface area contributed by atoms with Crippen molar-refractivity contribution >= 4 is 27.9 Å². The Kier molecular flexibility index (Phi) is 6.58. The summed E-state index contributed by atoms with van der Waals surface area (Å²) in [6, 6.07) is -0.496. The van der Waals surface area contributed by atoms with Crippen molar-refractivity contribution in [2.45, 2.75) is 25.2 Å². The van der Waals surface area contributed by atoms with Crippen LogP contribution in [0.4, 0.5) is 0 Å². The van der Waals surface area contributed by atoms with Crippen LogP contribution in [0.5, 0.6) is 0 Å². The molecule has 76 valence electrons. The van der Waals surface area contributed by atoms with Crippen LogP contribution in [0.3, 0.4) is 0 Å². The molecule has 0 fully saturated rings. The van der Waals surface area contributed by atoms with Crippen LogP contribution in [0, 0.1) is 0 Å². The van der Waals surface area contributed by atoms with Crippen LogP contribution in [-0.4, -0.2) is 40.5 Å². The van der Waals surface area contributed by atoms with Crippen LogP contribution in [0.25, 0.3) is 0 Å². The Morgan fingerprint density at radius 2 is 2.15 bits per heavy atom. The number of amides is 1. The molecule has 0 radical (unpaired) electrons. The van der Waals surface area contributed by atoms with Crippen molar-refractivity contribution in [3.8, 4) is 0 Å². The third-order valence-electron chi connectivity index (χ3n) is 1.18. The van der Waals surface area contributed by atoms with Crippen LogP contribution >= 0.6 is 0 Å². The normalized spacial score (nSPS) is 11.9. The Labute approximate surface area is 85.4 Å². The molecule has 0 aliphatic carbocycles. The summed E-state index contributed by atoms with van der Waals surface area (Å²) < 4.78 is 4.76. The second kappa shape index (κ2) is 6.88. The molecule has 1 atom stereocenters. The quantitative estimate of drug-likeness (QED) is 0.370. The monoisotopic (exact) mass is 254 g/mol. The molecule has 0 aromatic carbocycles. The summed E-state index contributed by atoms with van der Waals surface area (Å²) in [5, 5.41) is 0.506. The molecule has 5 nitrogen and oxygen atoms in total. The van der Waals surface area contributed by atoms with Crippen LogP contribution in [0.1, 0.15) is 13.8 Å². The number of nitrogens with one attached hydrogen (secondary N) is 2. The zero-order chi connectivity index (χ0) is 10.3. The van der Waals surface area contributed by atoms with E-state index in [2.05, 4.69) is 26.9 Å². The van der Waals surface area contributed by atoms with Gasteiger partial charge in [-0.3, -0.25) is 0 Å². The third-order valence-corrected chi connectivity index (χ3v) is 1.94. The molecule has 0 unspecified atom stereocenters. The first-order valence-corrected chi connectivity index (χ1v) is 5.24. The summed E-state index contributed by atoms with van der Waals surface area (Å²) >= 11 is 2.26. The molecule has 13 heavy (non-hydrogen) atoms. The van der Waals surface area contributed by atoms with E-state index >= 15 is 0 Å². The second-order valence-electron chi connectivity index (χ2n) is 2.31. The Balaban J connectivity index is 3.87. The zero-order valence-corrected chi connectivity index (χ0v) is 9.54. The maximum atomic E-state index is 11.1. The summed E-state index contributed by atoms with van der Waals surface area (Å²) in [4.78, 5) is 21.7. The number of ether oxygens (including phenoxy) is 1. The molecule has 0 rings (SSSR count). The standard InChI is InChI=1S/C7H14N2O3Se/c1-3-12-7(11)6(4-13)9-8-5(2)10/h6,9,13H,3-4H2,1-2H3,(H,8,10)/t6-/m0/s1. The van der Waals surface area contributed by atoms with Gasteiger partial charge in [0.25, 0.3) is 0 Å². The van der Waals surface area contributed by atoms with Crippen LogP contribution < -0.4 is 10.9 Å². The SMILES string of the molecule is CCOC(=O)[C@H](C[SeH])NNC(C)=O. The molecule has 0 bridgehead atoms. The van der Waals surface area contributed by atoms with Crippen molar-refractivity contribution in [3.05, 3.63) is 0 Å². The van der Waals surface area contributed by atoms with E-state index in [1.165, 1.54) is 6.92 Å². The first-order valence-electron chi connectivity index (χ1n) is 3.91. The van der Waals surface area contributed by atoms with Crippen molar-refractivity contribution in [3.63, 3.8) is 0 Å². The topological polar surface area (TPSA) is 67.4 Å². The Bertz CT molecular complexity index is 187. The summed E-state index contributed by atoms with van der Waals surface area (Å²) in [5.41, 5.74) is 4.90. The van der Waals surface area contributed by atoms with Gasteiger partial charge >= 0.3 is 84.9 Å². The first kappa shape index (κ1) is 12.4. The minimum atomic E-state index is -0.496. The molecule has 0 aliphatic heterocycles. The summed E-state index contributed by atoms with van der Waals surface area (Å²) in [5.74, 6) is -0.605. The molecule has 0 aromatic rings. The predicted octanol–water partition coefficient (Wildman–Crippen LogP) is -1.12. The Morgan fingerprint density at radius 3 is 2.54 bits per heavy atom. The van der Waals surface area contributed by atoms with Crippen molar-refractivity contribution in [1.82, 2.24) is 10.9 Å². The number of hydrogen-bond donors (Lipinski definition) is 2. The van der Waals surface area contributed by atoms with Gasteiger partial charge in [-0.2, -0.15) is 0 Å². The molecule has 0 aliphatic rings. The van der Waals surface area contributed by atoms with Gasteiger partial charge in [-0.05, 0) is 0 Å². The molecule has 0 spiro atoms. The van der Waals surface area contributed by atoms with Crippen molar-refractivity contribution in [2.24, 2.45) is 0 Å². The molecule has 0 saturated carbocycles.